The summed E-state index contributed by atoms with van der Waals surface area (Å²) in [5.41, 5.74) is 1.30. The smallest absolute Gasteiger partial charge is 0.414 e. The highest BCUT2D eigenvalue weighted by Gasteiger charge is 2.21. The van der Waals surface area contributed by atoms with Crippen molar-refractivity contribution < 1.29 is 19.4 Å². The van der Waals surface area contributed by atoms with Crippen LogP contribution in [0.2, 0.25) is 0 Å². The standard InChI is InChI=1S/C25H43NO4/c1-25(2,3)30-24(28)26(4)23-18-14-13-17-22(23)21-29-20-16-12-10-8-6-5-7-9-11-15-19-27/h13-14,17-18,27H,5-12,15-16,19-21H2,1-4H3. The van der Waals surface area contributed by atoms with E-state index in [1.807, 2.05) is 45.0 Å². The molecule has 0 aliphatic carbocycles. The third-order valence-electron chi connectivity index (χ3n) is 4.97. The minimum absolute atomic E-state index is 0.327. The molecule has 0 aliphatic heterocycles. The monoisotopic (exact) mass is 421 g/mol. The Labute approximate surface area is 183 Å². The van der Waals surface area contributed by atoms with Gasteiger partial charge in [-0.15, -0.1) is 0 Å². The van der Waals surface area contributed by atoms with Crippen LogP contribution in [0, 0.1) is 0 Å². The Morgan fingerprint density at radius 1 is 0.900 bits per heavy atom. The number of carbonyl (C=O) groups excluding carboxylic acids is 1. The van der Waals surface area contributed by atoms with Gasteiger partial charge in [0, 0.05) is 25.8 Å². The van der Waals surface area contributed by atoms with Crippen LogP contribution in [0.3, 0.4) is 0 Å². The molecule has 1 aromatic carbocycles. The Kier molecular flexibility index (Phi) is 13.4. The number of rotatable bonds is 15. The quantitative estimate of drug-likeness (QED) is 0.330. The molecule has 0 radical (unpaired) electrons. The van der Waals surface area contributed by atoms with E-state index < -0.39 is 5.60 Å². The van der Waals surface area contributed by atoms with Crippen LogP contribution in [0.1, 0.15) is 90.5 Å². The molecule has 0 aromatic heterocycles. The van der Waals surface area contributed by atoms with Gasteiger partial charge in [-0.05, 0) is 39.7 Å². The SMILES string of the molecule is CN(C(=O)OC(C)(C)C)c1ccccc1COCCCCCCCCCCCCO. The van der Waals surface area contributed by atoms with Crippen molar-refractivity contribution in [3.8, 4) is 0 Å². The van der Waals surface area contributed by atoms with Crippen LogP contribution in [-0.4, -0.2) is 37.1 Å². The lowest BCUT2D eigenvalue weighted by atomic mass is 10.1. The summed E-state index contributed by atoms with van der Waals surface area (Å²) in [6.45, 7) is 7.17. The van der Waals surface area contributed by atoms with Crippen LogP contribution < -0.4 is 4.90 Å². The number of carbonyl (C=O) groups is 1. The Balaban J connectivity index is 2.20. The van der Waals surface area contributed by atoms with Gasteiger partial charge in [0.2, 0.25) is 0 Å². The number of hydrogen-bond acceptors (Lipinski definition) is 4. The summed E-state index contributed by atoms with van der Waals surface area (Å²) in [6, 6.07) is 7.81. The van der Waals surface area contributed by atoms with Crippen molar-refractivity contribution in [3.05, 3.63) is 29.8 Å². The van der Waals surface area contributed by atoms with E-state index in [4.69, 9.17) is 14.6 Å². The normalized spacial score (nSPS) is 11.5. The van der Waals surface area contributed by atoms with Crippen LogP contribution >= 0.6 is 0 Å². The molecule has 1 amide bonds. The van der Waals surface area contributed by atoms with E-state index in [2.05, 4.69) is 0 Å². The maximum absolute atomic E-state index is 12.4. The fraction of sp³-hybridized carbons (Fsp3) is 0.720. The Morgan fingerprint density at radius 2 is 1.43 bits per heavy atom. The fourth-order valence-electron chi connectivity index (χ4n) is 3.30. The Hall–Kier alpha value is -1.59. The molecule has 172 valence electrons. The van der Waals surface area contributed by atoms with E-state index in [-0.39, 0.29) is 6.09 Å². The largest absolute Gasteiger partial charge is 0.443 e. The number of amides is 1. The molecule has 1 aromatic rings. The molecule has 0 spiro atoms. The molecule has 0 saturated heterocycles. The van der Waals surface area contributed by atoms with Crippen LogP contribution in [0.4, 0.5) is 10.5 Å². The van der Waals surface area contributed by atoms with Gasteiger partial charge >= 0.3 is 6.09 Å². The van der Waals surface area contributed by atoms with E-state index >= 15 is 0 Å². The first-order chi connectivity index (χ1) is 14.3. The van der Waals surface area contributed by atoms with E-state index in [0.717, 1.165) is 37.1 Å². The van der Waals surface area contributed by atoms with E-state index in [1.54, 1.807) is 11.9 Å². The number of hydrogen-bond donors (Lipinski definition) is 1. The first-order valence-corrected chi connectivity index (χ1v) is 11.6. The van der Waals surface area contributed by atoms with Gasteiger partial charge in [0.25, 0.3) is 0 Å². The zero-order chi connectivity index (χ0) is 22.2. The number of unbranched alkanes of at least 4 members (excludes halogenated alkanes) is 9. The second-order valence-electron chi connectivity index (χ2n) is 8.98. The van der Waals surface area contributed by atoms with Crippen molar-refractivity contribution in [3.63, 3.8) is 0 Å². The summed E-state index contributed by atoms with van der Waals surface area (Å²) in [7, 11) is 1.74. The van der Waals surface area contributed by atoms with E-state index in [0.29, 0.717) is 13.2 Å². The maximum Gasteiger partial charge on any atom is 0.414 e. The molecule has 0 bridgehead atoms. The molecular formula is C25H43NO4. The predicted molar refractivity (Wildman–Crippen MR) is 124 cm³/mol. The minimum Gasteiger partial charge on any atom is -0.443 e. The minimum atomic E-state index is -0.517. The van der Waals surface area contributed by atoms with Gasteiger partial charge in [0.05, 0.1) is 12.3 Å². The van der Waals surface area contributed by atoms with Gasteiger partial charge in [-0.2, -0.15) is 0 Å². The van der Waals surface area contributed by atoms with Crippen molar-refractivity contribution in [1.29, 1.82) is 0 Å². The average molecular weight is 422 g/mol. The topological polar surface area (TPSA) is 59.0 Å². The first kappa shape index (κ1) is 26.4. The number of ether oxygens (including phenoxy) is 2. The number of aliphatic hydroxyl groups is 1. The summed E-state index contributed by atoms with van der Waals surface area (Å²) < 4.78 is 11.3. The molecule has 0 heterocycles. The lowest BCUT2D eigenvalue weighted by Crippen LogP contribution is -2.34. The molecule has 30 heavy (non-hydrogen) atoms. The third-order valence-corrected chi connectivity index (χ3v) is 4.97. The Bertz CT molecular complexity index is 583. The van der Waals surface area contributed by atoms with Gasteiger partial charge in [-0.3, -0.25) is 4.90 Å². The lowest BCUT2D eigenvalue weighted by molar-refractivity contribution is 0.0588. The second kappa shape index (κ2) is 15.2. The fourth-order valence-corrected chi connectivity index (χ4v) is 3.30. The summed E-state index contributed by atoms with van der Waals surface area (Å²) in [4.78, 5) is 13.9. The number of aliphatic hydroxyl groups excluding tert-OH is 1. The average Bonchev–Trinajstić information content (AvgIpc) is 2.70. The molecule has 5 heteroatoms. The number of para-hydroxylation sites is 1. The highest BCUT2D eigenvalue weighted by molar-refractivity contribution is 5.88. The molecule has 0 saturated carbocycles. The van der Waals surface area contributed by atoms with Gasteiger partial charge in [0.1, 0.15) is 5.60 Å². The highest BCUT2D eigenvalue weighted by Crippen LogP contribution is 2.22. The highest BCUT2D eigenvalue weighted by atomic mass is 16.6. The van der Waals surface area contributed by atoms with Crippen molar-refractivity contribution in [2.24, 2.45) is 0 Å². The van der Waals surface area contributed by atoms with E-state index in [9.17, 15) is 4.79 Å². The zero-order valence-corrected chi connectivity index (χ0v) is 19.6. The molecule has 0 aliphatic rings. The summed E-state index contributed by atoms with van der Waals surface area (Å²) in [5.74, 6) is 0. The lowest BCUT2D eigenvalue weighted by Gasteiger charge is -2.26. The van der Waals surface area contributed by atoms with E-state index in [1.165, 1.54) is 44.9 Å². The molecule has 0 unspecified atom stereocenters. The summed E-state index contributed by atoms with van der Waals surface area (Å²) >= 11 is 0. The number of anilines is 1. The zero-order valence-electron chi connectivity index (χ0n) is 19.6. The molecular weight excluding hydrogens is 378 g/mol. The predicted octanol–water partition coefficient (Wildman–Crippen LogP) is 6.47. The molecule has 1 rings (SSSR count). The van der Waals surface area contributed by atoms with Crippen molar-refractivity contribution in [2.75, 3.05) is 25.2 Å². The number of benzene rings is 1. The molecule has 5 nitrogen and oxygen atoms in total. The first-order valence-electron chi connectivity index (χ1n) is 11.6. The maximum atomic E-state index is 12.4. The van der Waals surface area contributed by atoms with Crippen molar-refractivity contribution in [1.82, 2.24) is 0 Å². The molecule has 1 N–H and O–H groups in total. The van der Waals surface area contributed by atoms with Gasteiger partial charge in [0.15, 0.2) is 0 Å². The van der Waals surface area contributed by atoms with Gasteiger partial charge in [-0.25, -0.2) is 4.79 Å². The Morgan fingerprint density at radius 3 is 2.00 bits per heavy atom. The van der Waals surface area contributed by atoms with Crippen LogP contribution in [0.15, 0.2) is 24.3 Å². The van der Waals surface area contributed by atoms with Gasteiger partial charge < -0.3 is 14.6 Å². The van der Waals surface area contributed by atoms with Crippen molar-refractivity contribution in [2.45, 2.75) is 97.2 Å². The van der Waals surface area contributed by atoms with Gasteiger partial charge in [-0.1, -0.05) is 69.6 Å². The summed E-state index contributed by atoms with van der Waals surface area (Å²) in [6.07, 6.45) is 11.7. The molecule has 0 fully saturated rings. The van der Waals surface area contributed by atoms with Crippen LogP contribution in [-0.2, 0) is 16.1 Å². The third kappa shape index (κ3) is 12.2. The van der Waals surface area contributed by atoms with Crippen molar-refractivity contribution >= 4 is 11.8 Å². The number of nitrogens with zero attached hydrogens (tertiary/aromatic N) is 1. The second-order valence-corrected chi connectivity index (χ2v) is 8.98. The molecule has 0 atom stereocenters. The van der Waals surface area contributed by atoms with Crippen LogP contribution in [0.25, 0.3) is 0 Å². The summed E-state index contributed by atoms with van der Waals surface area (Å²) in [5, 5.41) is 8.76. The van der Waals surface area contributed by atoms with Crippen LogP contribution in [0.5, 0.6) is 0 Å².